The maximum absolute atomic E-state index is 12.9. The molecule has 0 aliphatic heterocycles. The summed E-state index contributed by atoms with van der Waals surface area (Å²) in [6, 6.07) is 19.7. The van der Waals surface area contributed by atoms with Crippen molar-refractivity contribution in [3.8, 4) is 5.75 Å². The van der Waals surface area contributed by atoms with Crippen LogP contribution in [0.25, 0.3) is 21.7 Å². The van der Waals surface area contributed by atoms with Gasteiger partial charge in [-0.05, 0) is 53.4 Å². The van der Waals surface area contributed by atoms with Crippen LogP contribution in [0.15, 0.2) is 65.1 Å². The van der Waals surface area contributed by atoms with Crippen molar-refractivity contribution in [1.82, 2.24) is 5.32 Å². The lowest BCUT2D eigenvalue weighted by molar-refractivity contribution is 0.0909. The Morgan fingerprint density at radius 3 is 2.64 bits per heavy atom. The lowest BCUT2D eigenvalue weighted by Crippen LogP contribution is -2.27. The Hall–Kier alpha value is -3.27. The molecule has 0 saturated heterocycles. The van der Waals surface area contributed by atoms with E-state index in [-0.39, 0.29) is 11.9 Å². The zero-order chi connectivity index (χ0) is 19.7. The summed E-state index contributed by atoms with van der Waals surface area (Å²) in [5, 5.41) is 6.27. The molecule has 0 aliphatic carbocycles. The van der Waals surface area contributed by atoms with E-state index in [4.69, 9.17) is 9.15 Å². The maximum atomic E-state index is 12.9. The number of furan rings is 1. The van der Waals surface area contributed by atoms with E-state index in [9.17, 15) is 4.79 Å². The standard InChI is InChI=1S/C24H23NO3/c1-4-20(17-10-11-21(27-3)15(2)13-17)25-24(26)23-14-19-18-8-6-5-7-16(18)9-12-22(19)28-23/h5-14,20H,4H2,1-3H3,(H,25,26). The van der Waals surface area contributed by atoms with Crippen LogP contribution in [0.5, 0.6) is 5.75 Å². The predicted molar refractivity (Wildman–Crippen MR) is 112 cm³/mol. The number of carbonyl (C=O) groups is 1. The number of ether oxygens (including phenoxy) is 1. The monoisotopic (exact) mass is 373 g/mol. The van der Waals surface area contributed by atoms with E-state index in [1.54, 1.807) is 7.11 Å². The molecule has 3 aromatic carbocycles. The molecular weight excluding hydrogens is 350 g/mol. The van der Waals surface area contributed by atoms with E-state index >= 15 is 0 Å². The van der Waals surface area contributed by atoms with Gasteiger partial charge in [-0.25, -0.2) is 0 Å². The van der Waals surface area contributed by atoms with Crippen LogP contribution in [-0.2, 0) is 0 Å². The third-order valence-electron chi connectivity index (χ3n) is 5.18. The van der Waals surface area contributed by atoms with Crippen molar-refractivity contribution < 1.29 is 13.9 Å². The summed E-state index contributed by atoms with van der Waals surface area (Å²) in [5.74, 6) is 0.963. The molecule has 1 unspecified atom stereocenters. The highest BCUT2D eigenvalue weighted by Gasteiger charge is 2.19. The number of hydrogen-bond acceptors (Lipinski definition) is 3. The van der Waals surface area contributed by atoms with Crippen molar-refractivity contribution in [2.75, 3.05) is 7.11 Å². The van der Waals surface area contributed by atoms with Crippen molar-refractivity contribution in [1.29, 1.82) is 0 Å². The van der Waals surface area contributed by atoms with Gasteiger partial charge in [-0.2, -0.15) is 0 Å². The van der Waals surface area contributed by atoms with Crippen molar-refractivity contribution in [2.45, 2.75) is 26.3 Å². The van der Waals surface area contributed by atoms with Crippen molar-refractivity contribution in [2.24, 2.45) is 0 Å². The Labute approximate surface area is 164 Å². The second kappa shape index (κ2) is 7.39. The van der Waals surface area contributed by atoms with Gasteiger partial charge in [-0.15, -0.1) is 0 Å². The summed E-state index contributed by atoms with van der Waals surface area (Å²) < 4.78 is 11.2. The average Bonchev–Trinajstić information content (AvgIpc) is 3.17. The molecule has 1 heterocycles. The third kappa shape index (κ3) is 3.22. The Bertz CT molecular complexity index is 1160. The lowest BCUT2D eigenvalue weighted by atomic mass is 10.0. The minimum atomic E-state index is -0.208. The molecule has 1 amide bonds. The lowest BCUT2D eigenvalue weighted by Gasteiger charge is -2.18. The van der Waals surface area contributed by atoms with E-state index in [0.717, 1.165) is 45.0 Å². The Morgan fingerprint density at radius 1 is 1.07 bits per heavy atom. The molecule has 0 saturated carbocycles. The topological polar surface area (TPSA) is 51.5 Å². The molecule has 0 spiro atoms. The number of carbonyl (C=O) groups excluding carboxylic acids is 1. The molecule has 0 fully saturated rings. The van der Waals surface area contributed by atoms with E-state index in [0.29, 0.717) is 5.76 Å². The molecule has 4 rings (SSSR count). The second-order valence-electron chi connectivity index (χ2n) is 6.97. The summed E-state index contributed by atoms with van der Waals surface area (Å²) in [7, 11) is 1.66. The molecule has 0 radical (unpaired) electrons. The SMILES string of the molecule is CCC(NC(=O)c1cc2c(ccc3ccccc32)o1)c1ccc(OC)c(C)c1. The number of methoxy groups -OCH3 is 1. The van der Waals surface area contributed by atoms with Crippen LogP contribution in [0.2, 0.25) is 0 Å². The highest BCUT2D eigenvalue weighted by molar-refractivity contribution is 6.08. The van der Waals surface area contributed by atoms with Crippen molar-refractivity contribution >= 4 is 27.6 Å². The first-order valence-electron chi connectivity index (χ1n) is 9.47. The smallest absolute Gasteiger partial charge is 0.287 e. The highest BCUT2D eigenvalue weighted by Crippen LogP contribution is 2.29. The van der Waals surface area contributed by atoms with Crippen LogP contribution in [0.4, 0.5) is 0 Å². The molecule has 0 aliphatic rings. The number of amides is 1. The van der Waals surface area contributed by atoms with Crippen LogP contribution in [-0.4, -0.2) is 13.0 Å². The summed E-state index contributed by atoms with van der Waals surface area (Å²) in [6.07, 6.45) is 0.778. The molecule has 4 heteroatoms. The largest absolute Gasteiger partial charge is 0.496 e. The van der Waals surface area contributed by atoms with Crippen molar-refractivity contribution in [3.63, 3.8) is 0 Å². The van der Waals surface area contributed by atoms with Gasteiger partial charge in [0.05, 0.1) is 13.2 Å². The molecular formula is C24H23NO3. The first-order chi connectivity index (χ1) is 13.6. The van der Waals surface area contributed by atoms with Crippen LogP contribution < -0.4 is 10.1 Å². The highest BCUT2D eigenvalue weighted by atomic mass is 16.5. The van der Waals surface area contributed by atoms with Gasteiger partial charge in [0.2, 0.25) is 0 Å². The molecule has 0 bridgehead atoms. The number of rotatable bonds is 5. The Balaban J connectivity index is 1.63. The van der Waals surface area contributed by atoms with Gasteiger partial charge in [-0.1, -0.05) is 49.4 Å². The molecule has 28 heavy (non-hydrogen) atoms. The summed E-state index contributed by atoms with van der Waals surface area (Å²) in [5.41, 5.74) is 2.82. The fourth-order valence-electron chi connectivity index (χ4n) is 3.67. The predicted octanol–water partition coefficient (Wildman–Crippen LogP) is 5.78. The Morgan fingerprint density at radius 2 is 1.89 bits per heavy atom. The van der Waals surface area contributed by atoms with Gasteiger partial charge in [0.25, 0.3) is 5.91 Å². The zero-order valence-electron chi connectivity index (χ0n) is 16.3. The summed E-state index contributed by atoms with van der Waals surface area (Å²) in [4.78, 5) is 12.9. The van der Waals surface area contributed by atoms with E-state index in [2.05, 4.69) is 24.4 Å². The van der Waals surface area contributed by atoms with Crippen LogP contribution in [0, 0.1) is 6.92 Å². The number of nitrogens with one attached hydrogen (secondary N) is 1. The minimum absolute atomic E-state index is 0.0953. The number of aryl methyl sites for hydroxylation is 1. The van der Waals surface area contributed by atoms with Gasteiger partial charge in [0, 0.05) is 5.39 Å². The van der Waals surface area contributed by atoms with Crippen LogP contribution in [0.1, 0.15) is 41.1 Å². The van der Waals surface area contributed by atoms with Crippen molar-refractivity contribution in [3.05, 3.63) is 77.6 Å². The van der Waals surface area contributed by atoms with Crippen LogP contribution >= 0.6 is 0 Å². The summed E-state index contributed by atoms with van der Waals surface area (Å²) >= 11 is 0. The fraction of sp³-hybridized carbons (Fsp3) is 0.208. The van der Waals surface area contributed by atoms with E-state index in [1.165, 1.54) is 0 Å². The number of hydrogen-bond donors (Lipinski definition) is 1. The second-order valence-corrected chi connectivity index (χ2v) is 6.97. The first kappa shape index (κ1) is 18.1. The van der Waals surface area contributed by atoms with Gasteiger partial charge >= 0.3 is 0 Å². The molecule has 142 valence electrons. The van der Waals surface area contributed by atoms with E-state index in [1.807, 2.05) is 55.5 Å². The fourth-order valence-corrected chi connectivity index (χ4v) is 3.67. The Kier molecular flexibility index (Phi) is 4.78. The molecule has 1 N–H and O–H groups in total. The summed E-state index contributed by atoms with van der Waals surface area (Å²) in [6.45, 7) is 4.05. The maximum Gasteiger partial charge on any atom is 0.287 e. The van der Waals surface area contributed by atoms with Gasteiger partial charge in [0.1, 0.15) is 11.3 Å². The van der Waals surface area contributed by atoms with E-state index < -0.39 is 0 Å². The minimum Gasteiger partial charge on any atom is -0.496 e. The molecule has 4 aromatic rings. The van der Waals surface area contributed by atoms with Crippen LogP contribution in [0.3, 0.4) is 0 Å². The van der Waals surface area contributed by atoms with Gasteiger partial charge in [-0.3, -0.25) is 4.79 Å². The number of fused-ring (bicyclic) bond motifs is 3. The molecule has 1 atom stereocenters. The third-order valence-corrected chi connectivity index (χ3v) is 5.18. The first-order valence-corrected chi connectivity index (χ1v) is 9.47. The quantitative estimate of drug-likeness (QED) is 0.482. The molecule has 1 aromatic heterocycles. The molecule has 4 nitrogen and oxygen atoms in total. The van der Waals surface area contributed by atoms with Gasteiger partial charge < -0.3 is 14.5 Å². The average molecular weight is 373 g/mol. The number of benzene rings is 3. The zero-order valence-corrected chi connectivity index (χ0v) is 16.3. The van der Waals surface area contributed by atoms with Gasteiger partial charge in [0.15, 0.2) is 5.76 Å². The normalized spacial score (nSPS) is 12.2.